The van der Waals surface area contributed by atoms with Gasteiger partial charge in [0.15, 0.2) is 16.3 Å². The number of halogens is 2. The Labute approximate surface area is 286 Å². The molecule has 0 bridgehead atoms. The van der Waals surface area contributed by atoms with Gasteiger partial charge in [0.1, 0.15) is 12.4 Å². The van der Waals surface area contributed by atoms with E-state index < -0.39 is 12.0 Å². The highest BCUT2D eigenvalue weighted by Gasteiger charge is 2.31. The number of methoxy groups -OCH3 is 1. The standard InChI is InChI=1S/C33H30I2N2O6S/c1-5-41-26-11-10-22(16-27(26)42-6-2)29-23(32(39)40-4)17-36-33-37(29)31(38)28(44-33)15-21-13-24(34)30(25(35)14-21)43-18-20-9-7-8-19(3)12-20/h7-17,29H,5-6,18H2,1-4H3/b28-15-/t29-/m1/s1. The van der Waals surface area contributed by atoms with Crippen LogP contribution in [0, 0.1) is 14.1 Å². The van der Waals surface area contributed by atoms with Crippen molar-refractivity contribution < 1.29 is 23.7 Å². The molecule has 0 spiro atoms. The van der Waals surface area contributed by atoms with Crippen molar-refractivity contribution >= 4 is 68.6 Å². The van der Waals surface area contributed by atoms with E-state index in [0.717, 1.165) is 24.0 Å². The molecule has 1 aliphatic rings. The number of rotatable bonds is 10. The molecule has 0 saturated carbocycles. The molecule has 1 atom stereocenters. The lowest BCUT2D eigenvalue weighted by Crippen LogP contribution is -2.39. The molecule has 3 aromatic carbocycles. The van der Waals surface area contributed by atoms with Crippen LogP contribution in [0.5, 0.6) is 17.2 Å². The molecule has 0 unspecified atom stereocenters. The molecule has 2 heterocycles. The second-order valence-corrected chi connectivity index (χ2v) is 13.2. The van der Waals surface area contributed by atoms with Crippen molar-refractivity contribution in [1.82, 2.24) is 4.57 Å². The maximum atomic E-state index is 14.0. The minimum atomic E-state index is -0.756. The third-order valence-electron chi connectivity index (χ3n) is 6.79. The second-order valence-electron chi connectivity index (χ2n) is 9.84. The zero-order valence-corrected chi connectivity index (χ0v) is 29.7. The number of ether oxygens (including phenoxy) is 4. The van der Waals surface area contributed by atoms with Crippen LogP contribution in [0.4, 0.5) is 0 Å². The molecule has 0 aliphatic carbocycles. The molecular formula is C33H30I2N2O6S. The predicted octanol–water partition coefficient (Wildman–Crippen LogP) is 5.91. The van der Waals surface area contributed by atoms with E-state index in [4.69, 9.17) is 18.9 Å². The monoisotopic (exact) mass is 836 g/mol. The highest BCUT2D eigenvalue weighted by molar-refractivity contribution is 14.1. The normalized spacial score (nSPS) is 14.4. The molecule has 1 aromatic heterocycles. The molecule has 0 amide bonds. The van der Waals surface area contributed by atoms with E-state index in [-0.39, 0.29) is 11.1 Å². The molecule has 228 valence electrons. The van der Waals surface area contributed by atoms with Crippen molar-refractivity contribution in [3.8, 4) is 17.2 Å². The van der Waals surface area contributed by atoms with Gasteiger partial charge in [-0.05, 0) is 113 Å². The molecule has 0 N–H and O–H groups in total. The van der Waals surface area contributed by atoms with Crippen molar-refractivity contribution in [2.75, 3.05) is 20.3 Å². The SMILES string of the molecule is CCOc1ccc([C@@H]2C(C(=O)OC)=CN=c3s/c(=C\c4cc(I)c(OCc5cccc(C)c5)c(I)c4)c(=O)n32)cc1OCC. The number of nitrogens with zero attached hydrogens (tertiary/aromatic N) is 2. The molecule has 44 heavy (non-hydrogen) atoms. The van der Waals surface area contributed by atoms with Gasteiger partial charge in [0.25, 0.3) is 5.56 Å². The molecule has 8 nitrogen and oxygen atoms in total. The summed E-state index contributed by atoms with van der Waals surface area (Å²) in [5, 5.41) is 0. The number of esters is 1. The minimum absolute atomic E-state index is 0.247. The van der Waals surface area contributed by atoms with Crippen LogP contribution in [0.25, 0.3) is 6.08 Å². The molecule has 0 saturated heterocycles. The van der Waals surface area contributed by atoms with Crippen molar-refractivity contribution in [2.45, 2.75) is 33.4 Å². The average Bonchev–Trinajstić information content (AvgIpc) is 3.31. The number of carbonyl (C=O) groups is 1. The van der Waals surface area contributed by atoms with Gasteiger partial charge in [0.05, 0.1) is 43.6 Å². The molecule has 5 rings (SSSR count). The Balaban J connectivity index is 1.54. The molecule has 1 aliphatic heterocycles. The second kappa shape index (κ2) is 14.3. The summed E-state index contributed by atoms with van der Waals surface area (Å²) in [6, 6.07) is 16.9. The van der Waals surface area contributed by atoms with Gasteiger partial charge in [-0.3, -0.25) is 9.36 Å². The van der Waals surface area contributed by atoms with Crippen LogP contribution in [-0.2, 0) is 16.1 Å². The number of hydrogen-bond donors (Lipinski definition) is 0. The van der Waals surface area contributed by atoms with Crippen LogP contribution in [0.15, 0.2) is 76.2 Å². The molecule has 0 radical (unpaired) electrons. The first-order valence-corrected chi connectivity index (χ1v) is 16.9. The Morgan fingerprint density at radius 2 is 1.73 bits per heavy atom. The van der Waals surface area contributed by atoms with Crippen LogP contribution in [0.1, 0.15) is 42.1 Å². The molecule has 4 aromatic rings. The van der Waals surface area contributed by atoms with E-state index in [0.29, 0.717) is 46.2 Å². The number of fused-ring (bicyclic) bond motifs is 1. The number of benzene rings is 3. The fourth-order valence-electron chi connectivity index (χ4n) is 4.90. The van der Waals surface area contributed by atoms with Crippen LogP contribution < -0.4 is 29.1 Å². The largest absolute Gasteiger partial charge is 0.490 e. The van der Waals surface area contributed by atoms with Crippen LogP contribution in [0.3, 0.4) is 0 Å². The lowest BCUT2D eigenvalue weighted by Gasteiger charge is -2.23. The van der Waals surface area contributed by atoms with Gasteiger partial charge in [-0.15, -0.1) is 0 Å². The van der Waals surface area contributed by atoms with E-state index in [9.17, 15) is 9.59 Å². The number of carbonyl (C=O) groups excluding carboxylic acids is 1. The summed E-state index contributed by atoms with van der Waals surface area (Å²) < 4.78 is 26.7. The van der Waals surface area contributed by atoms with Crippen LogP contribution in [-0.4, -0.2) is 30.9 Å². The third kappa shape index (κ3) is 6.89. The van der Waals surface area contributed by atoms with Gasteiger partial charge in [-0.25, -0.2) is 9.79 Å². The number of hydrogen-bond acceptors (Lipinski definition) is 8. The van der Waals surface area contributed by atoms with E-state index in [1.54, 1.807) is 16.7 Å². The summed E-state index contributed by atoms with van der Waals surface area (Å²) in [7, 11) is 1.31. The van der Waals surface area contributed by atoms with Gasteiger partial charge >= 0.3 is 5.97 Å². The first-order chi connectivity index (χ1) is 21.2. The van der Waals surface area contributed by atoms with Crippen molar-refractivity contribution in [3.63, 3.8) is 0 Å². The Hall–Kier alpha value is -3.17. The van der Waals surface area contributed by atoms with Gasteiger partial charge < -0.3 is 18.9 Å². The highest BCUT2D eigenvalue weighted by atomic mass is 127. The predicted molar refractivity (Wildman–Crippen MR) is 187 cm³/mol. The smallest absolute Gasteiger partial charge is 0.337 e. The van der Waals surface area contributed by atoms with Crippen molar-refractivity contribution in [1.29, 1.82) is 0 Å². The van der Waals surface area contributed by atoms with Crippen LogP contribution >= 0.6 is 56.5 Å². The summed E-state index contributed by atoms with van der Waals surface area (Å²) in [4.78, 5) is 31.8. The first-order valence-electron chi connectivity index (χ1n) is 13.9. The zero-order valence-electron chi connectivity index (χ0n) is 24.6. The summed E-state index contributed by atoms with van der Waals surface area (Å²) >= 11 is 5.79. The lowest BCUT2D eigenvalue weighted by molar-refractivity contribution is -0.136. The minimum Gasteiger partial charge on any atom is -0.490 e. The summed E-state index contributed by atoms with van der Waals surface area (Å²) in [6.07, 6.45) is 3.33. The number of thiazole rings is 1. The van der Waals surface area contributed by atoms with Crippen LogP contribution in [0.2, 0.25) is 0 Å². The Morgan fingerprint density at radius 1 is 1.00 bits per heavy atom. The quantitative estimate of drug-likeness (QED) is 0.146. The number of aromatic nitrogens is 1. The van der Waals surface area contributed by atoms with E-state index >= 15 is 0 Å². The van der Waals surface area contributed by atoms with Gasteiger partial charge in [0.2, 0.25) is 0 Å². The summed E-state index contributed by atoms with van der Waals surface area (Å²) in [6.45, 7) is 7.21. The molecular weight excluding hydrogens is 806 g/mol. The van der Waals surface area contributed by atoms with Gasteiger partial charge in [-0.2, -0.15) is 0 Å². The first kappa shape index (κ1) is 32.2. The fraction of sp³-hybridized carbons (Fsp3) is 0.242. The third-order valence-corrected chi connectivity index (χ3v) is 9.39. The Bertz CT molecular complexity index is 1910. The van der Waals surface area contributed by atoms with Gasteiger partial charge in [0, 0.05) is 6.20 Å². The number of aryl methyl sites for hydroxylation is 1. The topological polar surface area (TPSA) is 88.4 Å². The molecule has 0 fully saturated rings. The maximum absolute atomic E-state index is 14.0. The van der Waals surface area contributed by atoms with E-state index in [1.165, 1.54) is 30.2 Å². The molecule has 11 heteroatoms. The highest BCUT2D eigenvalue weighted by Crippen LogP contribution is 2.35. The average molecular weight is 836 g/mol. The fourth-order valence-corrected chi connectivity index (χ4v) is 7.99. The summed E-state index contributed by atoms with van der Waals surface area (Å²) in [5.41, 5.74) is 3.81. The van der Waals surface area contributed by atoms with Crippen molar-refractivity contribution in [3.05, 3.63) is 115 Å². The zero-order chi connectivity index (χ0) is 31.4. The van der Waals surface area contributed by atoms with E-state index in [2.05, 4.69) is 69.2 Å². The maximum Gasteiger partial charge on any atom is 0.337 e. The van der Waals surface area contributed by atoms with Crippen molar-refractivity contribution in [2.24, 2.45) is 4.99 Å². The Kier molecular flexibility index (Phi) is 10.5. The lowest BCUT2D eigenvalue weighted by atomic mass is 9.97. The summed E-state index contributed by atoms with van der Waals surface area (Å²) in [5.74, 6) is 1.36. The van der Waals surface area contributed by atoms with E-state index in [1.807, 2.05) is 50.3 Å². The van der Waals surface area contributed by atoms with Gasteiger partial charge in [-0.1, -0.05) is 47.2 Å². The Morgan fingerprint density at radius 3 is 2.41 bits per heavy atom.